The first-order chi connectivity index (χ1) is 9.75. The minimum absolute atomic E-state index is 0.0557. The number of aromatic nitrogens is 2. The SMILES string of the molecule is Cc1cc(Cl)c(C)c(S(=O)(=O)N(C)Cc2cn[nH]c2)c1Cl. The van der Waals surface area contributed by atoms with Crippen LogP contribution in [0.4, 0.5) is 0 Å². The number of sulfonamides is 1. The van der Waals surface area contributed by atoms with Gasteiger partial charge in [-0.3, -0.25) is 5.10 Å². The Morgan fingerprint density at radius 3 is 2.57 bits per heavy atom. The first kappa shape index (κ1) is 16.3. The monoisotopic (exact) mass is 347 g/mol. The molecule has 0 amide bonds. The lowest BCUT2D eigenvalue weighted by molar-refractivity contribution is 0.466. The summed E-state index contributed by atoms with van der Waals surface area (Å²) in [4.78, 5) is 0.0557. The van der Waals surface area contributed by atoms with Gasteiger partial charge in [-0.2, -0.15) is 9.40 Å². The zero-order valence-corrected chi connectivity index (χ0v) is 14.1. The molecule has 0 aliphatic heterocycles. The van der Waals surface area contributed by atoms with E-state index in [1.165, 1.54) is 11.4 Å². The molecule has 0 aliphatic carbocycles. The number of aromatic amines is 1. The molecule has 0 unspecified atom stereocenters. The van der Waals surface area contributed by atoms with Crippen molar-refractivity contribution in [2.45, 2.75) is 25.3 Å². The van der Waals surface area contributed by atoms with Gasteiger partial charge < -0.3 is 0 Å². The zero-order valence-electron chi connectivity index (χ0n) is 11.8. The number of aryl methyl sites for hydroxylation is 1. The average molecular weight is 348 g/mol. The fraction of sp³-hybridized carbons (Fsp3) is 0.308. The Labute approximate surface area is 133 Å². The van der Waals surface area contributed by atoms with E-state index in [4.69, 9.17) is 23.2 Å². The van der Waals surface area contributed by atoms with Crippen molar-refractivity contribution in [2.24, 2.45) is 0 Å². The predicted molar refractivity (Wildman–Crippen MR) is 83.2 cm³/mol. The van der Waals surface area contributed by atoms with Crippen LogP contribution in [-0.2, 0) is 16.6 Å². The molecule has 0 atom stereocenters. The number of hydrogen-bond donors (Lipinski definition) is 1. The van der Waals surface area contributed by atoms with Gasteiger partial charge in [-0.1, -0.05) is 23.2 Å². The number of benzene rings is 1. The van der Waals surface area contributed by atoms with Crippen molar-refractivity contribution < 1.29 is 8.42 Å². The summed E-state index contributed by atoms with van der Waals surface area (Å²) in [5, 5.41) is 7.03. The van der Waals surface area contributed by atoms with Gasteiger partial charge in [0.25, 0.3) is 0 Å². The predicted octanol–water partition coefficient (Wildman–Crippen LogP) is 3.15. The van der Waals surface area contributed by atoms with E-state index in [9.17, 15) is 8.42 Å². The first-order valence-electron chi connectivity index (χ1n) is 6.14. The fourth-order valence-electron chi connectivity index (χ4n) is 1.98. The van der Waals surface area contributed by atoms with Crippen LogP contribution in [0.5, 0.6) is 0 Å². The third-order valence-electron chi connectivity index (χ3n) is 3.22. The van der Waals surface area contributed by atoms with E-state index in [0.717, 1.165) is 5.56 Å². The molecule has 114 valence electrons. The van der Waals surface area contributed by atoms with Gasteiger partial charge in [0.15, 0.2) is 0 Å². The lowest BCUT2D eigenvalue weighted by Gasteiger charge is -2.20. The van der Waals surface area contributed by atoms with E-state index in [-0.39, 0.29) is 16.5 Å². The van der Waals surface area contributed by atoms with Crippen LogP contribution in [-0.4, -0.2) is 30.0 Å². The Hall–Kier alpha value is -1.08. The van der Waals surface area contributed by atoms with E-state index >= 15 is 0 Å². The Balaban J connectivity index is 2.49. The Morgan fingerprint density at radius 1 is 1.33 bits per heavy atom. The molecule has 1 aromatic heterocycles. The standard InChI is InChI=1S/C13H15Cl2N3O2S/c1-8-4-11(14)9(2)13(12(8)15)21(19,20)18(3)7-10-5-16-17-6-10/h4-6H,7H2,1-3H3,(H,16,17). The molecule has 21 heavy (non-hydrogen) atoms. The number of nitrogens with zero attached hydrogens (tertiary/aromatic N) is 2. The van der Waals surface area contributed by atoms with E-state index in [2.05, 4.69) is 10.2 Å². The zero-order chi connectivity index (χ0) is 15.8. The van der Waals surface area contributed by atoms with Crippen LogP contribution < -0.4 is 0 Å². The number of halogens is 2. The molecule has 0 saturated carbocycles. The second-order valence-corrected chi connectivity index (χ2v) is 7.58. The van der Waals surface area contributed by atoms with Crippen molar-refractivity contribution in [1.82, 2.24) is 14.5 Å². The van der Waals surface area contributed by atoms with Crippen LogP contribution in [0.1, 0.15) is 16.7 Å². The number of nitrogens with one attached hydrogen (secondary N) is 1. The lowest BCUT2D eigenvalue weighted by atomic mass is 10.2. The molecule has 1 heterocycles. The van der Waals surface area contributed by atoms with E-state index in [1.807, 2.05) is 0 Å². The third-order valence-corrected chi connectivity index (χ3v) is 6.18. The van der Waals surface area contributed by atoms with Gasteiger partial charge in [-0.25, -0.2) is 8.42 Å². The molecule has 8 heteroatoms. The van der Waals surface area contributed by atoms with Gasteiger partial charge in [0.1, 0.15) is 4.90 Å². The van der Waals surface area contributed by atoms with Gasteiger partial charge in [0, 0.05) is 30.4 Å². The molecule has 0 aliphatic rings. The number of hydrogen-bond acceptors (Lipinski definition) is 3. The van der Waals surface area contributed by atoms with Crippen molar-refractivity contribution in [2.75, 3.05) is 7.05 Å². The van der Waals surface area contributed by atoms with Crippen LogP contribution in [0.2, 0.25) is 10.0 Å². The second-order valence-electron chi connectivity index (χ2n) is 4.81. The summed E-state index contributed by atoms with van der Waals surface area (Å²) in [6.45, 7) is 3.56. The molecular weight excluding hydrogens is 333 g/mol. The molecule has 0 bridgehead atoms. The Bertz CT molecular complexity index is 732. The largest absolute Gasteiger partial charge is 0.285 e. The first-order valence-corrected chi connectivity index (χ1v) is 8.34. The van der Waals surface area contributed by atoms with Crippen molar-refractivity contribution in [3.63, 3.8) is 0 Å². The van der Waals surface area contributed by atoms with Gasteiger partial charge in [-0.05, 0) is 31.0 Å². The van der Waals surface area contributed by atoms with Crippen LogP contribution in [0.15, 0.2) is 23.4 Å². The summed E-state index contributed by atoms with van der Waals surface area (Å²) in [6.07, 6.45) is 3.22. The molecule has 0 fully saturated rings. The quantitative estimate of drug-likeness (QED) is 0.923. The summed E-state index contributed by atoms with van der Waals surface area (Å²) < 4.78 is 26.7. The van der Waals surface area contributed by atoms with Crippen LogP contribution in [0.25, 0.3) is 0 Å². The van der Waals surface area contributed by atoms with Crippen molar-refractivity contribution in [3.05, 3.63) is 45.2 Å². The highest BCUT2D eigenvalue weighted by molar-refractivity contribution is 7.89. The molecule has 1 aromatic carbocycles. The van der Waals surface area contributed by atoms with Gasteiger partial charge in [-0.15, -0.1) is 0 Å². The third kappa shape index (κ3) is 3.08. The maximum atomic E-state index is 12.8. The van der Waals surface area contributed by atoms with E-state index in [1.54, 1.807) is 32.3 Å². The summed E-state index contributed by atoms with van der Waals surface area (Å²) in [6, 6.07) is 1.66. The summed E-state index contributed by atoms with van der Waals surface area (Å²) in [5.41, 5.74) is 1.84. The fourth-order valence-corrected chi connectivity index (χ4v) is 4.30. The topological polar surface area (TPSA) is 66.1 Å². The maximum absolute atomic E-state index is 12.8. The van der Waals surface area contributed by atoms with Gasteiger partial charge in [0.05, 0.1) is 11.2 Å². The van der Waals surface area contributed by atoms with Crippen molar-refractivity contribution in [3.8, 4) is 0 Å². The molecule has 0 spiro atoms. The van der Waals surface area contributed by atoms with Crippen LogP contribution in [0, 0.1) is 13.8 Å². The minimum Gasteiger partial charge on any atom is -0.285 e. The Morgan fingerprint density at radius 2 is 2.00 bits per heavy atom. The van der Waals surface area contributed by atoms with E-state index < -0.39 is 10.0 Å². The molecule has 2 aromatic rings. The van der Waals surface area contributed by atoms with Gasteiger partial charge >= 0.3 is 0 Å². The van der Waals surface area contributed by atoms with E-state index in [0.29, 0.717) is 16.1 Å². The summed E-state index contributed by atoms with van der Waals surface area (Å²) >= 11 is 12.3. The smallest absolute Gasteiger partial charge is 0.244 e. The number of rotatable bonds is 4. The van der Waals surface area contributed by atoms with Crippen molar-refractivity contribution in [1.29, 1.82) is 0 Å². The van der Waals surface area contributed by atoms with Crippen LogP contribution >= 0.6 is 23.2 Å². The molecule has 0 radical (unpaired) electrons. The van der Waals surface area contributed by atoms with Gasteiger partial charge in [0.2, 0.25) is 10.0 Å². The normalized spacial score (nSPS) is 12.1. The molecule has 5 nitrogen and oxygen atoms in total. The van der Waals surface area contributed by atoms with Crippen molar-refractivity contribution >= 4 is 33.2 Å². The number of H-pyrrole nitrogens is 1. The molecular formula is C13H15Cl2N3O2S. The van der Waals surface area contributed by atoms with Crippen LogP contribution in [0.3, 0.4) is 0 Å². The highest BCUT2D eigenvalue weighted by atomic mass is 35.5. The Kier molecular flexibility index (Phi) is 4.63. The molecule has 1 N–H and O–H groups in total. The minimum atomic E-state index is -3.75. The molecule has 0 saturated heterocycles. The highest BCUT2D eigenvalue weighted by Crippen LogP contribution is 2.35. The summed E-state index contributed by atoms with van der Waals surface area (Å²) in [5.74, 6) is 0. The highest BCUT2D eigenvalue weighted by Gasteiger charge is 2.28. The summed E-state index contributed by atoms with van der Waals surface area (Å²) in [7, 11) is -2.25. The molecule has 2 rings (SSSR count). The maximum Gasteiger partial charge on any atom is 0.244 e. The lowest BCUT2D eigenvalue weighted by Crippen LogP contribution is -2.27. The second kappa shape index (κ2) is 5.96. The average Bonchev–Trinajstić information content (AvgIpc) is 2.89.